The van der Waals surface area contributed by atoms with Gasteiger partial charge in [0, 0.05) is 25.6 Å². The first kappa shape index (κ1) is 22.3. The molecule has 1 aliphatic rings. The summed E-state index contributed by atoms with van der Waals surface area (Å²) in [7, 11) is 2.99. The van der Waals surface area contributed by atoms with Gasteiger partial charge in [-0.25, -0.2) is 4.79 Å². The Labute approximate surface area is 171 Å². The monoisotopic (exact) mass is 406 g/mol. The molecule has 2 rings (SSSR count). The van der Waals surface area contributed by atoms with Gasteiger partial charge in [0.25, 0.3) is 0 Å². The highest BCUT2D eigenvalue weighted by Crippen LogP contribution is 2.30. The Morgan fingerprint density at radius 3 is 2.75 bits per heavy atom. The van der Waals surface area contributed by atoms with Crippen molar-refractivity contribution < 1.29 is 19.1 Å². The zero-order valence-electron chi connectivity index (χ0n) is 17.4. The fraction of sp³-hybridized carbons (Fsp3) is 0.619. The molecule has 1 saturated heterocycles. The van der Waals surface area contributed by atoms with E-state index in [0.29, 0.717) is 23.7 Å². The average Bonchev–Trinajstić information content (AvgIpc) is 2.97. The molecule has 28 heavy (non-hydrogen) atoms. The molecule has 1 fully saturated rings. The molecule has 0 aliphatic carbocycles. The van der Waals surface area contributed by atoms with E-state index in [9.17, 15) is 9.59 Å². The van der Waals surface area contributed by atoms with Crippen molar-refractivity contribution in [3.05, 3.63) is 15.8 Å². The van der Waals surface area contributed by atoms with Crippen LogP contribution >= 0.6 is 11.3 Å². The van der Waals surface area contributed by atoms with E-state index in [1.165, 1.54) is 18.4 Å². The summed E-state index contributed by atoms with van der Waals surface area (Å²) in [6.45, 7) is 7.92. The number of likely N-dealkylation sites (tertiary alicyclic amines) is 1. The lowest BCUT2D eigenvalue weighted by Gasteiger charge is -2.25. The first-order chi connectivity index (χ1) is 13.2. The van der Waals surface area contributed by atoms with Crippen LogP contribution < -0.4 is 5.32 Å². The lowest BCUT2D eigenvalue weighted by atomic mass is 9.98. The summed E-state index contributed by atoms with van der Waals surface area (Å²) in [6, 6.07) is 1.47. The van der Waals surface area contributed by atoms with Gasteiger partial charge in [0.1, 0.15) is 10.9 Å². The second kappa shape index (κ2) is 9.94. The van der Waals surface area contributed by atoms with Crippen LogP contribution in [0.25, 0.3) is 0 Å². The Morgan fingerprint density at radius 1 is 1.36 bits per heavy atom. The number of anilines is 1. The molecule has 6 nitrogen and oxygen atoms in total. The highest BCUT2D eigenvalue weighted by molar-refractivity contribution is 7.15. The lowest BCUT2D eigenvalue weighted by Crippen LogP contribution is -2.43. The van der Waals surface area contributed by atoms with E-state index < -0.39 is 5.97 Å². The van der Waals surface area contributed by atoms with E-state index >= 15 is 0 Å². The number of hydrogen-bond donors (Lipinski definition) is 1. The number of carbonyl (C=O) groups excluding carboxylic acids is 2. The van der Waals surface area contributed by atoms with Crippen LogP contribution in [0.4, 0.5) is 5.69 Å². The number of methoxy groups -OCH3 is 2. The summed E-state index contributed by atoms with van der Waals surface area (Å²) in [6.07, 6.45) is 2.63. The zero-order valence-corrected chi connectivity index (χ0v) is 18.2. The van der Waals surface area contributed by atoms with Gasteiger partial charge in [0.2, 0.25) is 5.91 Å². The van der Waals surface area contributed by atoms with E-state index in [4.69, 9.17) is 9.47 Å². The average molecular weight is 407 g/mol. The smallest absolute Gasteiger partial charge is 0.350 e. The van der Waals surface area contributed by atoms with Crippen molar-refractivity contribution >= 4 is 28.9 Å². The summed E-state index contributed by atoms with van der Waals surface area (Å²) in [5, 5.41) is 3.29. The predicted molar refractivity (Wildman–Crippen MR) is 112 cm³/mol. The maximum absolute atomic E-state index is 12.9. The van der Waals surface area contributed by atoms with Crippen molar-refractivity contribution in [3.8, 4) is 11.8 Å². The largest absolute Gasteiger partial charge is 0.465 e. The maximum Gasteiger partial charge on any atom is 0.350 e. The van der Waals surface area contributed by atoms with Crippen LogP contribution in [0.2, 0.25) is 0 Å². The quantitative estimate of drug-likeness (QED) is 0.579. The van der Waals surface area contributed by atoms with Crippen LogP contribution in [0.5, 0.6) is 0 Å². The van der Waals surface area contributed by atoms with Gasteiger partial charge in [0.05, 0.1) is 24.3 Å². The van der Waals surface area contributed by atoms with Crippen LogP contribution in [0.1, 0.15) is 54.6 Å². The molecule has 1 aromatic heterocycles. The van der Waals surface area contributed by atoms with Crippen LogP contribution in [-0.4, -0.2) is 56.7 Å². The highest BCUT2D eigenvalue weighted by atomic mass is 32.1. The number of nitrogens with one attached hydrogen (secondary N) is 1. The topological polar surface area (TPSA) is 67.9 Å². The second-order valence-electron chi connectivity index (χ2n) is 7.86. The Hall–Kier alpha value is -2.04. The number of thiophene rings is 1. The summed E-state index contributed by atoms with van der Waals surface area (Å²) in [4.78, 5) is 28.2. The first-order valence-electron chi connectivity index (χ1n) is 9.54. The highest BCUT2D eigenvalue weighted by Gasteiger charge is 2.28. The van der Waals surface area contributed by atoms with Gasteiger partial charge in [0.15, 0.2) is 0 Å². The van der Waals surface area contributed by atoms with E-state index in [1.807, 2.05) is 31.7 Å². The Bertz CT molecular complexity index is 755. The van der Waals surface area contributed by atoms with E-state index in [-0.39, 0.29) is 17.4 Å². The molecule has 154 valence electrons. The van der Waals surface area contributed by atoms with Crippen LogP contribution in [0.15, 0.2) is 6.07 Å². The molecule has 0 aromatic carbocycles. The normalized spacial score (nSPS) is 17.5. The number of esters is 1. The SMILES string of the molecule is COCCN1CCCC[C@H](Nc2cc(C#CC(C)(C)C)sc2C(=O)OC)C1=O. The van der Waals surface area contributed by atoms with Gasteiger partial charge < -0.3 is 19.7 Å². The molecule has 1 amide bonds. The van der Waals surface area contributed by atoms with Gasteiger partial charge >= 0.3 is 5.97 Å². The minimum atomic E-state index is -0.423. The Morgan fingerprint density at radius 2 is 2.11 bits per heavy atom. The van der Waals surface area contributed by atoms with Crippen molar-refractivity contribution in [2.45, 2.75) is 46.1 Å². The van der Waals surface area contributed by atoms with Crippen molar-refractivity contribution in [2.75, 3.05) is 39.2 Å². The molecule has 1 aliphatic heterocycles. The number of ether oxygens (including phenoxy) is 2. The maximum atomic E-state index is 12.9. The first-order valence-corrected chi connectivity index (χ1v) is 10.4. The fourth-order valence-corrected chi connectivity index (χ4v) is 3.80. The predicted octanol–water partition coefficient (Wildman–Crippen LogP) is 3.37. The van der Waals surface area contributed by atoms with Gasteiger partial charge in [-0.15, -0.1) is 11.3 Å². The van der Waals surface area contributed by atoms with Crippen LogP contribution in [-0.2, 0) is 14.3 Å². The van der Waals surface area contributed by atoms with E-state index in [1.54, 1.807) is 7.11 Å². The molecular formula is C21H30N2O4S. The molecule has 0 unspecified atom stereocenters. The molecule has 2 heterocycles. The Kier molecular flexibility index (Phi) is 7.90. The molecule has 1 aromatic rings. The zero-order chi connectivity index (χ0) is 20.7. The second-order valence-corrected chi connectivity index (χ2v) is 8.91. The molecular weight excluding hydrogens is 376 g/mol. The van der Waals surface area contributed by atoms with Gasteiger partial charge in [-0.05, 0) is 46.1 Å². The molecule has 1 N–H and O–H groups in total. The van der Waals surface area contributed by atoms with Crippen molar-refractivity contribution in [2.24, 2.45) is 5.41 Å². The van der Waals surface area contributed by atoms with Gasteiger partial charge in [-0.3, -0.25) is 4.79 Å². The molecule has 0 spiro atoms. The third kappa shape index (κ3) is 6.25. The molecule has 0 bridgehead atoms. The van der Waals surface area contributed by atoms with Crippen molar-refractivity contribution in [1.29, 1.82) is 0 Å². The summed E-state index contributed by atoms with van der Waals surface area (Å²) < 4.78 is 10.0. The number of carbonyl (C=O) groups is 2. The van der Waals surface area contributed by atoms with Crippen molar-refractivity contribution in [1.82, 2.24) is 4.90 Å². The fourth-order valence-electron chi connectivity index (χ4n) is 2.90. The number of nitrogens with zero attached hydrogens (tertiary/aromatic N) is 1. The minimum Gasteiger partial charge on any atom is -0.465 e. The van der Waals surface area contributed by atoms with Crippen LogP contribution in [0, 0.1) is 17.3 Å². The molecule has 7 heteroatoms. The van der Waals surface area contributed by atoms with Gasteiger partial charge in [-0.1, -0.05) is 11.8 Å². The van der Waals surface area contributed by atoms with Crippen LogP contribution in [0.3, 0.4) is 0 Å². The molecule has 0 radical (unpaired) electrons. The number of rotatable bonds is 6. The van der Waals surface area contributed by atoms with E-state index in [2.05, 4.69) is 17.2 Å². The van der Waals surface area contributed by atoms with E-state index in [0.717, 1.165) is 30.7 Å². The lowest BCUT2D eigenvalue weighted by molar-refractivity contribution is -0.132. The third-order valence-corrected chi connectivity index (χ3v) is 5.37. The number of amides is 1. The summed E-state index contributed by atoms with van der Waals surface area (Å²) in [5.74, 6) is 5.93. The third-order valence-electron chi connectivity index (χ3n) is 4.34. The standard InChI is InChI=1S/C21H30N2O4S/c1-21(2,3)10-9-15-14-17(18(28-15)20(25)27-5)22-16-8-6-7-11-23(19(16)24)12-13-26-4/h14,16,22H,6-8,11-13H2,1-5H3/t16-/m0/s1. The molecule has 0 saturated carbocycles. The summed E-state index contributed by atoms with van der Waals surface area (Å²) in [5.41, 5.74) is 0.476. The molecule has 1 atom stereocenters. The minimum absolute atomic E-state index is 0.0406. The Balaban J connectivity index is 2.26. The summed E-state index contributed by atoms with van der Waals surface area (Å²) >= 11 is 1.29. The number of hydrogen-bond acceptors (Lipinski definition) is 6. The van der Waals surface area contributed by atoms with Crippen molar-refractivity contribution in [3.63, 3.8) is 0 Å². The van der Waals surface area contributed by atoms with Gasteiger partial charge in [-0.2, -0.15) is 0 Å².